The number of nitrogens with one attached hydrogen (secondary N) is 1. The number of halogens is 3. The van der Waals surface area contributed by atoms with Crippen molar-refractivity contribution in [2.24, 2.45) is 5.92 Å². The first-order valence-corrected chi connectivity index (χ1v) is 7.26. The van der Waals surface area contributed by atoms with Crippen LogP contribution >= 0.6 is 0 Å². The van der Waals surface area contributed by atoms with Gasteiger partial charge < -0.3 is 5.32 Å². The predicted octanol–water partition coefficient (Wildman–Crippen LogP) is 4.37. The lowest BCUT2D eigenvalue weighted by atomic mass is 9.59. The van der Waals surface area contributed by atoms with Gasteiger partial charge in [0.15, 0.2) is 0 Å². The minimum atomic E-state index is -4.26. The van der Waals surface area contributed by atoms with Crippen molar-refractivity contribution in [1.29, 1.82) is 0 Å². The molecule has 0 aromatic heterocycles. The van der Waals surface area contributed by atoms with Crippen molar-refractivity contribution < 1.29 is 13.2 Å². The van der Waals surface area contributed by atoms with Crippen LogP contribution in [-0.4, -0.2) is 13.1 Å². The molecule has 0 amide bonds. The van der Waals surface area contributed by atoms with Gasteiger partial charge in [0.25, 0.3) is 0 Å². The Kier molecular flexibility index (Phi) is 4.43. The lowest BCUT2D eigenvalue weighted by molar-refractivity contribution is -0.137. The highest BCUT2D eigenvalue weighted by molar-refractivity contribution is 5.34. The van der Waals surface area contributed by atoms with Crippen LogP contribution in [0.25, 0.3) is 0 Å². The Balaban J connectivity index is 2.22. The Morgan fingerprint density at radius 2 is 2.00 bits per heavy atom. The maximum atomic E-state index is 12.8. The van der Waals surface area contributed by atoms with E-state index in [1.165, 1.54) is 12.1 Å². The molecule has 0 unspecified atom stereocenters. The maximum absolute atomic E-state index is 12.8. The number of hydrogen-bond acceptors (Lipinski definition) is 1. The van der Waals surface area contributed by atoms with E-state index in [1.54, 1.807) is 0 Å². The van der Waals surface area contributed by atoms with E-state index in [0.717, 1.165) is 44.0 Å². The highest BCUT2D eigenvalue weighted by atomic mass is 19.4. The van der Waals surface area contributed by atoms with Crippen LogP contribution in [0.4, 0.5) is 13.2 Å². The van der Waals surface area contributed by atoms with Gasteiger partial charge in [-0.25, -0.2) is 0 Å². The fraction of sp³-hybridized carbons (Fsp3) is 0.625. The molecule has 0 radical (unpaired) electrons. The van der Waals surface area contributed by atoms with Gasteiger partial charge in [0.2, 0.25) is 0 Å². The normalized spacial score (nSPS) is 26.4. The first-order chi connectivity index (χ1) is 9.37. The molecule has 1 saturated carbocycles. The van der Waals surface area contributed by atoms with E-state index in [9.17, 15) is 13.2 Å². The first kappa shape index (κ1) is 15.4. The fourth-order valence-corrected chi connectivity index (χ4v) is 3.29. The second kappa shape index (κ2) is 5.76. The molecule has 1 aliphatic rings. The van der Waals surface area contributed by atoms with Crippen molar-refractivity contribution in [1.82, 2.24) is 5.32 Å². The molecule has 0 aliphatic heterocycles. The van der Waals surface area contributed by atoms with Gasteiger partial charge in [-0.15, -0.1) is 0 Å². The summed E-state index contributed by atoms with van der Waals surface area (Å²) < 4.78 is 38.5. The van der Waals surface area contributed by atoms with Crippen molar-refractivity contribution in [3.05, 3.63) is 35.4 Å². The topological polar surface area (TPSA) is 12.0 Å². The zero-order chi connectivity index (χ0) is 14.8. The molecule has 1 aromatic carbocycles. The van der Waals surface area contributed by atoms with E-state index in [-0.39, 0.29) is 5.41 Å². The predicted molar refractivity (Wildman–Crippen MR) is 74.7 cm³/mol. The van der Waals surface area contributed by atoms with Crippen molar-refractivity contribution in [3.8, 4) is 0 Å². The third-order valence-electron chi connectivity index (χ3n) is 4.17. The third-order valence-corrected chi connectivity index (χ3v) is 4.17. The smallest absolute Gasteiger partial charge is 0.316 e. The summed E-state index contributed by atoms with van der Waals surface area (Å²) in [4.78, 5) is 0. The van der Waals surface area contributed by atoms with Gasteiger partial charge >= 0.3 is 6.18 Å². The second-order valence-corrected chi connectivity index (χ2v) is 6.05. The largest absolute Gasteiger partial charge is 0.416 e. The van der Waals surface area contributed by atoms with Gasteiger partial charge in [-0.2, -0.15) is 13.2 Å². The van der Waals surface area contributed by atoms with Gasteiger partial charge in [0, 0.05) is 12.0 Å². The summed E-state index contributed by atoms with van der Waals surface area (Å²) in [6, 6.07) is 5.86. The van der Waals surface area contributed by atoms with Crippen LogP contribution in [-0.2, 0) is 11.6 Å². The lowest BCUT2D eigenvalue weighted by Gasteiger charge is -2.47. The van der Waals surface area contributed by atoms with Crippen LogP contribution in [0.15, 0.2) is 24.3 Å². The monoisotopic (exact) mass is 285 g/mol. The van der Waals surface area contributed by atoms with Crippen LogP contribution in [0.5, 0.6) is 0 Å². The molecule has 1 aromatic rings. The number of hydrogen-bond donors (Lipinski definition) is 1. The van der Waals surface area contributed by atoms with Crippen molar-refractivity contribution in [2.45, 2.75) is 44.7 Å². The van der Waals surface area contributed by atoms with E-state index in [0.29, 0.717) is 5.92 Å². The lowest BCUT2D eigenvalue weighted by Crippen LogP contribution is -2.48. The highest BCUT2D eigenvalue weighted by Gasteiger charge is 2.43. The summed E-state index contributed by atoms with van der Waals surface area (Å²) in [6.45, 7) is 5.93. The van der Waals surface area contributed by atoms with Crippen LogP contribution in [0.2, 0.25) is 0 Å². The molecule has 2 rings (SSSR count). The number of rotatable bonds is 5. The minimum Gasteiger partial charge on any atom is -0.316 e. The summed E-state index contributed by atoms with van der Waals surface area (Å²) in [5.74, 6) is 0.591. The Morgan fingerprint density at radius 3 is 2.55 bits per heavy atom. The van der Waals surface area contributed by atoms with Crippen molar-refractivity contribution in [3.63, 3.8) is 0 Å². The first-order valence-electron chi connectivity index (χ1n) is 7.26. The summed E-state index contributed by atoms with van der Waals surface area (Å²) in [5, 5.41) is 3.37. The Bertz CT molecular complexity index is 447. The summed E-state index contributed by atoms with van der Waals surface area (Å²) in [7, 11) is 0. The average Bonchev–Trinajstić information content (AvgIpc) is 2.35. The van der Waals surface area contributed by atoms with Crippen molar-refractivity contribution >= 4 is 0 Å². The van der Waals surface area contributed by atoms with E-state index in [2.05, 4.69) is 19.2 Å². The molecule has 0 spiro atoms. The van der Waals surface area contributed by atoms with Gasteiger partial charge in [0.1, 0.15) is 0 Å². The molecule has 0 heterocycles. The fourth-order valence-electron chi connectivity index (χ4n) is 3.29. The van der Waals surface area contributed by atoms with Gasteiger partial charge in [-0.05, 0) is 43.4 Å². The molecule has 20 heavy (non-hydrogen) atoms. The summed E-state index contributed by atoms with van der Waals surface area (Å²) >= 11 is 0. The van der Waals surface area contributed by atoms with Crippen molar-refractivity contribution in [2.75, 3.05) is 13.1 Å². The van der Waals surface area contributed by atoms with Gasteiger partial charge in [-0.3, -0.25) is 0 Å². The molecule has 1 aliphatic carbocycles. The van der Waals surface area contributed by atoms with E-state index >= 15 is 0 Å². The number of benzene rings is 1. The molecule has 112 valence electrons. The molecule has 1 fully saturated rings. The Labute approximate surface area is 118 Å². The molecule has 0 saturated heterocycles. The van der Waals surface area contributed by atoms with E-state index < -0.39 is 11.7 Å². The number of alkyl halides is 3. The summed E-state index contributed by atoms with van der Waals surface area (Å²) in [5.41, 5.74) is 0.175. The standard InChI is InChI=1S/C16H22F3N/c1-3-7-20-11-15(9-12(2)10-15)13-5-4-6-14(8-13)16(17,18)19/h4-6,8,12,20H,3,7,9-11H2,1-2H3. The summed E-state index contributed by atoms with van der Waals surface area (Å²) in [6.07, 6.45) is -1.30. The quantitative estimate of drug-likeness (QED) is 0.792. The molecule has 1 N–H and O–H groups in total. The zero-order valence-corrected chi connectivity index (χ0v) is 12.1. The highest BCUT2D eigenvalue weighted by Crippen LogP contribution is 2.48. The molecule has 4 heteroatoms. The molecular weight excluding hydrogens is 263 g/mol. The Hall–Kier alpha value is -1.03. The van der Waals surface area contributed by atoms with Gasteiger partial charge in [-0.1, -0.05) is 32.0 Å². The van der Waals surface area contributed by atoms with Crippen LogP contribution in [0, 0.1) is 5.92 Å². The maximum Gasteiger partial charge on any atom is 0.416 e. The van der Waals surface area contributed by atoms with E-state index in [1.807, 2.05) is 6.07 Å². The average molecular weight is 285 g/mol. The minimum absolute atomic E-state index is 0.115. The zero-order valence-electron chi connectivity index (χ0n) is 12.1. The van der Waals surface area contributed by atoms with Crippen LogP contribution in [0.1, 0.15) is 44.2 Å². The third kappa shape index (κ3) is 3.17. The van der Waals surface area contributed by atoms with E-state index in [4.69, 9.17) is 0 Å². The van der Waals surface area contributed by atoms with Gasteiger partial charge in [0.05, 0.1) is 5.56 Å². The Morgan fingerprint density at radius 1 is 1.30 bits per heavy atom. The molecule has 1 nitrogen and oxygen atoms in total. The van der Waals surface area contributed by atoms with Crippen LogP contribution < -0.4 is 5.32 Å². The van der Waals surface area contributed by atoms with Crippen LogP contribution in [0.3, 0.4) is 0 Å². The molecule has 0 bridgehead atoms. The second-order valence-electron chi connectivity index (χ2n) is 6.05. The molecular formula is C16H22F3N. The SMILES string of the molecule is CCCNCC1(c2cccc(C(F)(F)F)c2)CC(C)C1. The molecule has 0 atom stereocenters.